The van der Waals surface area contributed by atoms with Crippen molar-refractivity contribution < 1.29 is 15.0 Å². The molecule has 23 heavy (non-hydrogen) atoms. The summed E-state index contributed by atoms with van der Waals surface area (Å²) in [4.78, 5) is 14.9. The number of carboxylic acid groups (broad SMARTS) is 1. The lowest BCUT2D eigenvalue weighted by Crippen LogP contribution is -2.02. The van der Waals surface area contributed by atoms with Crippen LogP contribution >= 0.6 is 11.6 Å². The van der Waals surface area contributed by atoms with Crippen LogP contribution in [0.15, 0.2) is 42.6 Å². The summed E-state index contributed by atoms with van der Waals surface area (Å²) in [5.41, 5.74) is 2.03. The van der Waals surface area contributed by atoms with Gasteiger partial charge < -0.3 is 10.2 Å². The van der Waals surface area contributed by atoms with Gasteiger partial charge in [0.1, 0.15) is 0 Å². The van der Waals surface area contributed by atoms with E-state index in [1.807, 2.05) is 0 Å². The van der Waals surface area contributed by atoms with Crippen molar-refractivity contribution in [2.75, 3.05) is 0 Å². The third kappa shape index (κ3) is 2.76. The second kappa shape index (κ2) is 5.73. The Balaban J connectivity index is 2.07. The quantitative estimate of drug-likeness (QED) is 0.769. The summed E-state index contributed by atoms with van der Waals surface area (Å²) >= 11 is 5.88. The van der Waals surface area contributed by atoms with Crippen LogP contribution in [0.1, 0.15) is 16.1 Å². The fraction of sp³-hybridized carbons (Fsp3) is 0.0625. The number of hydrogen-bond donors (Lipinski definition) is 2. The molecule has 2 aromatic heterocycles. The van der Waals surface area contributed by atoms with E-state index in [4.69, 9.17) is 16.7 Å². The monoisotopic (exact) mass is 329 g/mol. The van der Waals surface area contributed by atoms with E-state index in [9.17, 15) is 9.90 Å². The Kier molecular flexibility index (Phi) is 3.75. The van der Waals surface area contributed by atoms with Gasteiger partial charge in [-0.1, -0.05) is 23.7 Å². The Hall–Kier alpha value is -2.86. The lowest BCUT2D eigenvalue weighted by molar-refractivity contribution is 0.0696. The molecule has 3 rings (SSSR count). The minimum absolute atomic E-state index is 0.0649. The highest BCUT2D eigenvalue weighted by atomic mass is 35.5. The van der Waals surface area contributed by atoms with Crippen molar-refractivity contribution in [2.45, 2.75) is 6.92 Å². The van der Waals surface area contributed by atoms with Gasteiger partial charge in [-0.25, -0.2) is 9.78 Å². The first kappa shape index (κ1) is 15.1. The minimum atomic E-state index is -1.06. The van der Waals surface area contributed by atoms with E-state index in [1.54, 1.807) is 31.2 Å². The number of aryl methyl sites for hydroxylation is 1. The first-order valence-electron chi connectivity index (χ1n) is 6.71. The van der Waals surface area contributed by atoms with E-state index >= 15 is 0 Å². The lowest BCUT2D eigenvalue weighted by atomic mass is 10.1. The van der Waals surface area contributed by atoms with Crippen molar-refractivity contribution in [1.82, 2.24) is 14.8 Å². The predicted octanol–water partition coefficient (Wildman–Crippen LogP) is 3.30. The van der Waals surface area contributed by atoms with Crippen LogP contribution in [-0.4, -0.2) is 30.9 Å². The summed E-state index contributed by atoms with van der Waals surface area (Å²) in [6, 6.07) is 9.93. The summed E-state index contributed by atoms with van der Waals surface area (Å²) in [5.74, 6) is -0.803. The van der Waals surface area contributed by atoms with Gasteiger partial charge in [0.2, 0.25) is 5.88 Å². The molecule has 0 aliphatic rings. The van der Waals surface area contributed by atoms with Gasteiger partial charge in [0.15, 0.2) is 5.82 Å². The highest BCUT2D eigenvalue weighted by Crippen LogP contribution is 2.34. The largest absolute Gasteiger partial charge is 0.493 e. The standard InChI is InChI=1S/C16H12ClN3O3/c1-9-14(10-2-5-12(17)6-3-10)15(21)20(19-9)13-7-4-11(8-18-13)16(22)23/h2-8,21H,1H3,(H,22,23). The number of halogens is 1. The number of carbonyl (C=O) groups is 1. The van der Waals surface area contributed by atoms with E-state index in [1.165, 1.54) is 23.0 Å². The topological polar surface area (TPSA) is 88.2 Å². The Morgan fingerprint density at radius 1 is 1.17 bits per heavy atom. The SMILES string of the molecule is Cc1nn(-c2ccc(C(=O)O)cn2)c(O)c1-c1ccc(Cl)cc1. The summed E-state index contributed by atoms with van der Waals surface area (Å²) < 4.78 is 1.27. The van der Waals surface area contributed by atoms with Gasteiger partial charge in [-0.3, -0.25) is 0 Å². The van der Waals surface area contributed by atoms with E-state index < -0.39 is 5.97 Å². The molecule has 7 heteroatoms. The zero-order valence-corrected chi connectivity index (χ0v) is 12.8. The van der Waals surface area contributed by atoms with Crippen molar-refractivity contribution in [3.8, 4) is 22.8 Å². The van der Waals surface area contributed by atoms with Gasteiger partial charge >= 0.3 is 5.97 Å². The molecule has 0 aliphatic heterocycles. The average Bonchev–Trinajstić information content (AvgIpc) is 2.83. The molecular weight excluding hydrogens is 318 g/mol. The van der Waals surface area contributed by atoms with Gasteiger partial charge in [0, 0.05) is 11.2 Å². The van der Waals surface area contributed by atoms with Crippen LogP contribution in [0.5, 0.6) is 5.88 Å². The number of rotatable bonds is 3. The fourth-order valence-electron chi connectivity index (χ4n) is 2.27. The molecule has 0 spiro atoms. The van der Waals surface area contributed by atoms with E-state index in [0.29, 0.717) is 22.1 Å². The van der Waals surface area contributed by atoms with Crippen LogP contribution in [-0.2, 0) is 0 Å². The van der Waals surface area contributed by atoms with Gasteiger partial charge in [-0.05, 0) is 36.8 Å². The van der Waals surface area contributed by atoms with Crippen molar-refractivity contribution in [2.24, 2.45) is 0 Å². The van der Waals surface area contributed by atoms with E-state index in [2.05, 4.69) is 10.1 Å². The maximum Gasteiger partial charge on any atom is 0.337 e. The number of carboxylic acids is 1. The Morgan fingerprint density at radius 2 is 1.87 bits per heavy atom. The van der Waals surface area contributed by atoms with Crippen molar-refractivity contribution in [1.29, 1.82) is 0 Å². The molecule has 0 fully saturated rings. The van der Waals surface area contributed by atoms with Gasteiger partial charge in [-0.15, -0.1) is 0 Å². The zero-order chi connectivity index (χ0) is 16.6. The summed E-state index contributed by atoms with van der Waals surface area (Å²) in [6.07, 6.45) is 1.22. The molecular formula is C16H12ClN3O3. The van der Waals surface area contributed by atoms with Crippen LogP contribution in [0, 0.1) is 6.92 Å². The molecule has 116 valence electrons. The molecule has 0 aliphatic carbocycles. The number of nitrogens with zero attached hydrogens (tertiary/aromatic N) is 3. The van der Waals surface area contributed by atoms with Crippen LogP contribution in [0.25, 0.3) is 16.9 Å². The molecule has 0 unspecified atom stereocenters. The summed E-state index contributed by atoms with van der Waals surface area (Å²) in [5, 5.41) is 24.3. The van der Waals surface area contributed by atoms with Gasteiger partial charge in [0.05, 0.1) is 16.8 Å². The molecule has 6 nitrogen and oxygen atoms in total. The third-order valence-electron chi connectivity index (χ3n) is 3.38. The Morgan fingerprint density at radius 3 is 2.43 bits per heavy atom. The first-order chi connectivity index (χ1) is 11.0. The smallest absolute Gasteiger partial charge is 0.337 e. The molecule has 2 N–H and O–H groups in total. The molecule has 1 aromatic carbocycles. The molecule has 0 atom stereocenters. The predicted molar refractivity (Wildman–Crippen MR) is 85.2 cm³/mol. The third-order valence-corrected chi connectivity index (χ3v) is 3.63. The second-order valence-electron chi connectivity index (χ2n) is 4.91. The number of pyridine rings is 1. The summed E-state index contributed by atoms with van der Waals surface area (Å²) in [6.45, 7) is 1.77. The highest BCUT2D eigenvalue weighted by molar-refractivity contribution is 6.30. The molecule has 2 heterocycles. The number of benzene rings is 1. The normalized spacial score (nSPS) is 10.7. The van der Waals surface area contributed by atoms with Gasteiger partial charge in [-0.2, -0.15) is 9.78 Å². The molecule has 0 amide bonds. The Bertz CT molecular complexity index is 871. The fourth-order valence-corrected chi connectivity index (χ4v) is 2.39. The molecule has 0 bridgehead atoms. The molecule has 3 aromatic rings. The Labute approximate surface area is 136 Å². The van der Waals surface area contributed by atoms with Crippen LogP contribution < -0.4 is 0 Å². The van der Waals surface area contributed by atoms with Crippen LogP contribution in [0.4, 0.5) is 0 Å². The average molecular weight is 330 g/mol. The van der Waals surface area contributed by atoms with E-state index in [0.717, 1.165) is 5.56 Å². The first-order valence-corrected chi connectivity index (χ1v) is 7.09. The number of aromatic nitrogens is 3. The number of aromatic carboxylic acids is 1. The highest BCUT2D eigenvalue weighted by Gasteiger charge is 2.18. The number of aromatic hydroxyl groups is 1. The van der Waals surface area contributed by atoms with Crippen LogP contribution in [0.2, 0.25) is 5.02 Å². The second-order valence-corrected chi connectivity index (χ2v) is 5.35. The van der Waals surface area contributed by atoms with Crippen LogP contribution in [0.3, 0.4) is 0 Å². The summed E-state index contributed by atoms with van der Waals surface area (Å²) in [7, 11) is 0. The van der Waals surface area contributed by atoms with E-state index in [-0.39, 0.29) is 11.4 Å². The maximum absolute atomic E-state index is 10.9. The molecule has 0 radical (unpaired) electrons. The van der Waals surface area contributed by atoms with Gasteiger partial charge in [0.25, 0.3) is 0 Å². The zero-order valence-electron chi connectivity index (χ0n) is 12.1. The van der Waals surface area contributed by atoms with Crippen molar-refractivity contribution in [3.63, 3.8) is 0 Å². The number of hydrogen-bond acceptors (Lipinski definition) is 4. The molecule has 0 saturated carbocycles. The van der Waals surface area contributed by atoms with Crippen molar-refractivity contribution >= 4 is 17.6 Å². The molecule has 0 saturated heterocycles. The minimum Gasteiger partial charge on any atom is -0.493 e. The van der Waals surface area contributed by atoms with Crippen molar-refractivity contribution in [3.05, 3.63) is 58.9 Å². The maximum atomic E-state index is 10.9. The lowest BCUT2D eigenvalue weighted by Gasteiger charge is -2.04.